The average molecular weight is 290 g/mol. The first-order valence-electron chi connectivity index (χ1n) is 5.27. The Hall–Kier alpha value is 0.100. The molecule has 1 saturated carbocycles. The van der Waals surface area contributed by atoms with Crippen molar-refractivity contribution in [3.05, 3.63) is 20.8 Å². The summed E-state index contributed by atoms with van der Waals surface area (Å²) < 4.78 is 1.05. The zero-order valence-corrected chi connectivity index (χ0v) is 11.2. The van der Waals surface area contributed by atoms with E-state index >= 15 is 0 Å². The van der Waals surface area contributed by atoms with Crippen molar-refractivity contribution in [3.8, 4) is 0 Å². The van der Waals surface area contributed by atoms with Gasteiger partial charge >= 0.3 is 0 Å². The van der Waals surface area contributed by atoms with E-state index in [0.717, 1.165) is 35.7 Å². The van der Waals surface area contributed by atoms with Gasteiger partial charge in [-0.2, -0.15) is 11.3 Å². The van der Waals surface area contributed by atoms with E-state index in [4.69, 9.17) is 0 Å². The number of nitrogens with one attached hydrogen (secondary N) is 1. The lowest BCUT2D eigenvalue weighted by atomic mass is 9.79. The van der Waals surface area contributed by atoms with Crippen LogP contribution >= 0.6 is 27.3 Å². The third-order valence-electron chi connectivity index (χ3n) is 3.34. The lowest BCUT2D eigenvalue weighted by Crippen LogP contribution is -2.38. The van der Waals surface area contributed by atoms with Crippen LogP contribution in [-0.2, 0) is 5.60 Å². The number of thiophene rings is 1. The highest BCUT2D eigenvalue weighted by molar-refractivity contribution is 9.10. The smallest absolute Gasteiger partial charge is 0.0916 e. The first-order valence-corrected chi connectivity index (χ1v) is 7.01. The summed E-state index contributed by atoms with van der Waals surface area (Å²) in [5.74, 6) is 0. The minimum absolute atomic E-state index is 0.572. The van der Waals surface area contributed by atoms with Gasteiger partial charge in [0.05, 0.1) is 5.60 Å². The molecule has 1 aromatic rings. The van der Waals surface area contributed by atoms with Gasteiger partial charge in [0, 0.05) is 21.5 Å². The van der Waals surface area contributed by atoms with Gasteiger partial charge in [-0.15, -0.1) is 0 Å². The standard InChI is InChI=1S/C11H16BrNOS/c1-13-8-2-4-11(14,5-3-8)9-6-15-7-10(9)12/h6-8,13-14H,2-5H2,1H3. The molecule has 0 aromatic carbocycles. The average Bonchev–Trinajstić information content (AvgIpc) is 2.66. The van der Waals surface area contributed by atoms with E-state index < -0.39 is 5.60 Å². The van der Waals surface area contributed by atoms with Crippen LogP contribution in [0.3, 0.4) is 0 Å². The summed E-state index contributed by atoms with van der Waals surface area (Å²) in [4.78, 5) is 0. The number of hydrogen-bond acceptors (Lipinski definition) is 3. The summed E-state index contributed by atoms with van der Waals surface area (Å²) in [5, 5.41) is 18.0. The molecule has 0 spiro atoms. The lowest BCUT2D eigenvalue weighted by Gasteiger charge is -2.36. The minimum Gasteiger partial charge on any atom is -0.385 e. The van der Waals surface area contributed by atoms with Gasteiger partial charge in [0.15, 0.2) is 0 Å². The largest absolute Gasteiger partial charge is 0.385 e. The van der Waals surface area contributed by atoms with Gasteiger partial charge in [0.1, 0.15) is 0 Å². The monoisotopic (exact) mass is 289 g/mol. The van der Waals surface area contributed by atoms with Crippen LogP contribution in [0, 0.1) is 0 Å². The van der Waals surface area contributed by atoms with Gasteiger partial charge in [-0.05, 0) is 54.0 Å². The van der Waals surface area contributed by atoms with E-state index in [2.05, 4.69) is 26.6 Å². The highest BCUT2D eigenvalue weighted by Gasteiger charge is 2.35. The van der Waals surface area contributed by atoms with E-state index in [9.17, 15) is 5.11 Å². The molecule has 2 N–H and O–H groups in total. The second-order valence-electron chi connectivity index (χ2n) is 4.23. The second-order valence-corrected chi connectivity index (χ2v) is 5.83. The predicted molar refractivity (Wildman–Crippen MR) is 67.2 cm³/mol. The van der Waals surface area contributed by atoms with Gasteiger partial charge in [0.25, 0.3) is 0 Å². The number of halogens is 1. The molecule has 84 valence electrons. The summed E-state index contributed by atoms with van der Waals surface area (Å²) in [6.07, 6.45) is 3.81. The number of aliphatic hydroxyl groups is 1. The molecule has 2 nitrogen and oxygen atoms in total. The van der Waals surface area contributed by atoms with Crippen molar-refractivity contribution in [2.24, 2.45) is 0 Å². The van der Waals surface area contributed by atoms with Crippen molar-refractivity contribution in [1.29, 1.82) is 0 Å². The van der Waals surface area contributed by atoms with E-state index in [1.165, 1.54) is 0 Å². The molecular weight excluding hydrogens is 274 g/mol. The highest BCUT2D eigenvalue weighted by atomic mass is 79.9. The van der Waals surface area contributed by atoms with Gasteiger partial charge in [-0.1, -0.05) is 0 Å². The fourth-order valence-corrected chi connectivity index (χ4v) is 4.02. The lowest BCUT2D eigenvalue weighted by molar-refractivity contribution is -0.00786. The fraction of sp³-hybridized carbons (Fsp3) is 0.636. The van der Waals surface area contributed by atoms with Gasteiger partial charge < -0.3 is 10.4 Å². The molecule has 0 atom stereocenters. The first-order chi connectivity index (χ1) is 7.15. The molecule has 15 heavy (non-hydrogen) atoms. The summed E-state index contributed by atoms with van der Waals surface area (Å²) in [7, 11) is 2.00. The Morgan fingerprint density at radius 3 is 2.60 bits per heavy atom. The molecule has 0 saturated heterocycles. The maximum absolute atomic E-state index is 10.6. The van der Waals surface area contributed by atoms with Gasteiger partial charge in [0.2, 0.25) is 0 Å². The second kappa shape index (κ2) is 4.53. The van der Waals surface area contributed by atoms with Crippen LogP contribution in [0.1, 0.15) is 31.2 Å². The van der Waals surface area contributed by atoms with Gasteiger partial charge in [-0.3, -0.25) is 0 Å². The van der Waals surface area contributed by atoms with Crippen molar-refractivity contribution in [2.45, 2.75) is 37.3 Å². The summed E-state index contributed by atoms with van der Waals surface area (Å²) in [5.41, 5.74) is 0.466. The Balaban J connectivity index is 2.13. The maximum atomic E-state index is 10.6. The Labute approximate surface area is 103 Å². The fourth-order valence-electron chi connectivity index (χ4n) is 2.27. The van der Waals surface area contributed by atoms with Crippen molar-refractivity contribution in [2.75, 3.05) is 7.05 Å². The van der Waals surface area contributed by atoms with Crippen LogP contribution in [-0.4, -0.2) is 18.2 Å². The van der Waals surface area contributed by atoms with Crippen molar-refractivity contribution >= 4 is 27.3 Å². The summed E-state index contributed by atoms with van der Waals surface area (Å²) in [6.45, 7) is 0. The van der Waals surface area contributed by atoms with E-state index in [1.807, 2.05) is 12.4 Å². The summed E-state index contributed by atoms with van der Waals surface area (Å²) >= 11 is 5.15. The zero-order valence-electron chi connectivity index (χ0n) is 8.79. The van der Waals surface area contributed by atoms with E-state index in [1.54, 1.807) is 11.3 Å². The molecule has 0 amide bonds. The van der Waals surface area contributed by atoms with Crippen LogP contribution in [0.2, 0.25) is 0 Å². The molecule has 1 heterocycles. The number of hydrogen-bond donors (Lipinski definition) is 2. The van der Waals surface area contributed by atoms with Crippen LogP contribution in [0.5, 0.6) is 0 Å². The molecule has 1 aliphatic rings. The number of rotatable bonds is 2. The highest BCUT2D eigenvalue weighted by Crippen LogP contribution is 2.41. The third-order valence-corrected chi connectivity index (χ3v) is 5.04. The van der Waals surface area contributed by atoms with Crippen LogP contribution < -0.4 is 5.32 Å². The minimum atomic E-state index is -0.605. The Morgan fingerprint density at radius 1 is 1.47 bits per heavy atom. The topological polar surface area (TPSA) is 32.3 Å². The Kier molecular flexibility index (Phi) is 3.50. The molecule has 1 fully saturated rings. The van der Waals surface area contributed by atoms with E-state index in [0.29, 0.717) is 6.04 Å². The SMILES string of the molecule is CNC1CCC(O)(c2cscc2Br)CC1. The summed E-state index contributed by atoms with van der Waals surface area (Å²) in [6, 6.07) is 0.572. The molecule has 1 aliphatic carbocycles. The Bertz CT molecular complexity index is 331. The molecule has 0 bridgehead atoms. The van der Waals surface area contributed by atoms with Crippen molar-refractivity contribution in [1.82, 2.24) is 5.32 Å². The normalized spacial score (nSPS) is 31.8. The first kappa shape index (κ1) is 11.6. The van der Waals surface area contributed by atoms with Crippen molar-refractivity contribution < 1.29 is 5.11 Å². The molecule has 1 aromatic heterocycles. The zero-order chi connectivity index (χ0) is 10.9. The van der Waals surface area contributed by atoms with E-state index in [-0.39, 0.29) is 0 Å². The van der Waals surface area contributed by atoms with Crippen LogP contribution in [0.15, 0.2) is 15.2 Å². The predicted octanol–water partition coefficient (Wildman–Crippen LogP) is 2.86. The third kappa shape index (κ3) is 2.28. The maximum Gasteiger partial charge on any atom is 0.0916 e. The molecular formula is C11H16BrNOS. The molecule has 0 unspecified atom stereocenters. The Morgan fingerprint density at radius 2 is 2.13 bits per heavy atom. The van der Waals surface area contributed by atoms with Gasteiger partial charge in [-0.25, -0.2) is 0 Å². The van der Waals surface area contributed by atoms with Crippen LogP contribution in [0.4, 0.5) is 0 Å². The molecule has 4 heteroatoms. The van der Waals surface area contributed by atoms with Crippen molar-refractivity contribution in [3.63, 3.8) is 0 Å². The molecule has 0 aliphatic heterocycles. The molecule has 2 rings (SSSR count). The quantitative estimate of drug-likeness (QED) is 0.878. The molecule has 0 radical (unpaired) electrons. The van der Waals surface area contributed by atoms with Crippen LogP contribution in [0.25, 0.3) is 0 Å².